The van der Waals surface area contributed by atoms with Gasteiger partial charge in [0, 0.05) is 6.54 Å². The Morgan fingerprint density at radius 2 is 1.77 bits per heavy atom. The minimum atomic E-state index is -1.08. The number of aromatic nitrogens is 2. The third-order valence-corrected chi connectivity index (χ3v) is 3.58. The zero-order chi connectivity index (χ0) is 16.3. The van der Waals surface area contributed by atoms with Crippen molar-refractivity contribution in [2.24, 2.45) is 0 Å². The molecule has 0 bridgehead atoms. The molecule has 1 unspecified atom stereocenters. The fraction of sp³-hybridized carbons (Fsp3) is 0.400. The number of aliphatic carboxylic acids is 1. The maximum absolute atomic E-state index is 12.4. The monoisotopic (exact) mass is 305 g/mol. The van der Waals surface area contributed by atoms with Gasteiger partial charge in [-0.2, -0.15) is 0 Å². The van der Waals surface area contributed by atoms with E-state index in [-0.39, 0.29) is 18.7 Å². The number of rotatable bonds is 6. The first-order chi connectivity index (χ1) is 10.5. The van der Waals surface area contributed by atoms with Crippen LogP contribution >= 0.6 is 0 Å². The van der Waals surface area contributed by atoms with Crippen molar-refractivity contribution >= 4 is 22.9 Å². The summed E-state index contributed by atoms with van der Waals surface area (Å²) in [7, 11) is 0. The van der Waals surface area contributed by atoms with Crippen LogP contribution in [0.15, 0.2) is 29.1 Å². The van der Waals surface area contributed by atoms with Crippen LogP contribution in [0.2, 0.25) is 0 Å². The predicted molar refractivity (Wildman–Crippen MR) is 81.7 cm³/mol. The zero-order valence-corrected chi connectivity index (χ0v) is 12.6. The van der Waals surface area contributed by atoms with E-state index in [0.29, 0.717) is 12.1 Å². The molecule has 2 N–H and O–H groups in total. The molecule has 2 aromatic rings. The van der Waals surface area contributed by atoms with Crippen molar-refractivity contribution in [3.63, 3.8) is 0 Å². The maximum atomic E-state index is 12.4. The molecule has 7 heteroatoms. The third-order valence-electron chi connectivity index (χ3n) is 3.58. The minimum Gasteiger partial charge on any atom is -0.480 e. The summed E-state index contributed by atoms with van der Waals surface area (Å²) >= 11 is 0. The van der Waals surface area contributed by atoms with E-state index in [9.17, 15) is 14.4 Å². The molecular formula is C15H19N3O4. The van der Waals surface area contributed by atoms with Crippen LogP contribution in [0.25, 0.3) is 11.0 Å². The zero-order valence-electron chi connectivity index (χ0n) is 12.6. The molecule has 0 fully saturated rings. The number of carboxylic acids is 1. The summed E-state index contributed by atoms with van der Waals surface area (Å²) in [6.45, 7) is 3.83. The van der Waals surface area contributed by atoms with E-state index in [0.717, 1.165) is 5.52 Å². The molecule has 0 saturated carbocycles. The van der Waals surface area contributed by atoms with E-state index < -0.39 is 17.9 Å². The van der Waals surface area contributed by atoms with E-state index in [1.54, 1.807) is 23.6 Å². The lowest BCUT2D eigenvalue weighted by Gasteiger charge is -2.12. The third kappa shape index (κ3) is 2.88. The molecule has 0 saturated heterocycles. The summed E-state index contributed by atoms with van der Waals surface area (Å²) < 4.78 is 2.94. The molecule has 0 radical (unpaired) electrons. The van der Waals surface area contributed by atoms with Crippen LogP contribution in [0.4, 0.5) is 0 Å². The number of carbonyl (C=O) groups is 2. The standard InChI is InChI=1S/C15H19N3O4/c1-3-10(14(20)21)16-13(19)9-18-12-8-6-5-7-11(12)17(4-2)15(18)22/h5-8,10H,3-4,9H2,1-2H3,(H,16,19)(H,20,21). The molecule has 7 nitrogen and oxygen atoms in total. The Hall–Kier alpha value is -2.57. The molecular weight excluding hydrogens is 286 g/mol. The molecule has 0 spiro atoms. The number of carboxylic acid groups (broad SMARTS) is 1. The van der Waals surface area contributed by atoms with Crippen LogP contribution in [0, 0.1) is 0 Å². The smallest absolute Gasteiger partial charge is 0.329 e. The van der Waals surface area contributed by atoms with Gasteiger partial charge in [-0.1, -0.05) is 19.1 Å². The van der Waals surface area contributed by atoms with Crippen molar-refractivity contribution in [2.45, 2.75) is 39.4 Å². The van der Waals surface area contributed by atoms with E-state index in [1.165, 1.54) is 4.57 Å². The van der Waals surface area contributed by atoms with Crippen LogP contribution < -0.4 is 11.0 Å². The van der Waals surface area contributed by atoms with Gasteiger partial charge in [0.15, 0.2) is 0 Å². The molecule has 0 aliphatic heterocycles. The minimum absolute atomic E-state index is 0.198. The Morgan fingerprint density at radius 1 is 1.18 bits per heavy atom. The maximum Gasteiger partial charge on any atom is 0.329 e. The molecule has 1 atom stereocenters. The van der Waals surface area contributed by atoms with Crippen LogP contribution in [-0.2, 0) is 22.7 Å². The van der Waals surface area contributed by atoms with Crippen LogP contribution in [0.3, 0.4) is 0 Å². The fourth-order valence-electron chi connectivity index (χ4n) is 2.45. The number of carbonyl (C=O) groups excluding carboxylic acids is 1. The van der Waals surface area contributed by atoms with Gasteiger partial charge in [0.1, 0.15) is 12.6 Å². The van der Waals surface area contributed by atoms with Gasteiger partial charge in [0.25, 0.3) is 0 Å². The Kier molecular flexibility index (Phi) is 4.65. The number of nitrogens with zero attached hydrogens (tertiary/aromatic N) is 2. The average molecular weight is 305 g/mol. The van der Waals surface area contributed by atoms with Gasteiger partial charge < -0.3 is 10.4 Å². The molecule has 1 aromatic heterocycles. The lowest BCUT2D eigenvalue weighted by molar-refractivity contribution is -0.142. The second-order valence-electron chi connectivity index (χ2n) is 4.97. The number of hydrogen-bond donors (Lipinski definition) is 2. The molecule has 2 rings (SSSR count). The van der Waals surface area contributed by atoms with Crippen molar-refractivity contribution in [1.29, 1.82) is 0 Å². The van der Waals surface area contributed by atoms with Crippen molar-refractivity contribution in [1.82, 2.24) is 14.5 Å². The number of imidazole rings is 1. The van der Waals surface area contributed by atoms with E-state index in [4.69, 9.17) is 5.11 Å². The molecule has 0 aliphatic rings. The lowest BCUT2D eigenvalue weighted by atomic mass is 10.2. The summed E-state index contributed by atoms with van der Waals surface area (Å²) in [4.78, 5) is 35.4. The van der Waals surface area contributed by atoms with Crippen LogP contribution in [0.5, 0.6) is 0 Å². The number of amides is 1. The quantitative estimate of drug-likeness (QED) is 0.825. The molecule has 22 heavy (non-hydrogen) atoms. The van der Waals surface area contributed by atoms with Gasteiger partial charge in [-0.25, -0.2) is 9.59 Å². The molecule has 118 valence electrons. The highest BCUT2D eigenvalue weighted by Gasteiger charge is 2.19. The number of aryl methyl sites for hydroxylation is 1. The number of para-hydroxylation sites is 2. The van der Waals surface area contributed by atoms with Crippen molar-refractivity contribution < 1.29 is 14.7 Å². The largest absolute Gasteiger partial charge is 0.480 e. The summed E-state index contributed by atoms with van der Waals surface area (Å²) in [5.41, 5.74) is 1.14. The summed E-state index contributed by atoms with van der Waals surface area (Å²) in [5.74, 6) is -1.57. The summed E-state index contributed by atoms with van der Waals surface area (Å²) in [6, 6.07) is 6.27. The van der Waals surface area contributed by atoms with Gasteiger partial charge >= 0.3 is 11.7 Å². The molecule has 1 amide bonds. The van der Waals surface area contributed by atoms with Gasteiger partial charge in [0.05, 0.1) is 11.0 Å². The van der Waals surface area contributed by atoms with Gasteiger partial charge in [0.2, 0.25) is 5.91 Å². The average Bonchev–Trinajstić information content (AvgIpc) is 2.76. The van der Waals surface area contributed by atoms with Crippen molar-refractivity contribution in [3.05, 3.63) is 34.7 Å². The van der Waals surface area contributed by atoms with Crippen LogP contribution in [0.1, 0.15) is 20.3 Å². The second-order valence-corrected chi connectivity index (χ2v) is 4.97. The first kappa shape index (κ1) is 15.8. The molecule has 1 heterocycles. The van der Waals surface area contributed by atoms with Crippen LogP contribution in [-0.4, -0.2) is 32.2 Å². The second kappa shape index (κ2) is 6.46. The SMILES string of the molecule is CCC(NC(=O)Cn1c(=O)n(CC)c2ccccc21)C(=O)O. The van der Waals surface area contributed by atoms with Gasteiger partial charge in [-0.3, -0.25) is 13.9 Å². The van der Waals surface area contributed by atoms with Crippen molar-refractivity contribution in [2.75, 3.05) is 0 Å². The topological polar surface area (TPSA) is 93.3 Å². The Labute approximate surface area is 127 Å². The highest BCUT2D eigenvalue weighted by molar-refractivity contribution is 5.85. The number of nitrogens with one attached hydrogen (secondary N) is 1. The molecule has 0 aliphatic carbocycles. The van der Waals surface area contributed by atoms with E-state index >= 15 is 0 Å². The Morgan fingerprint density at radius 3 is 2.27 bits per heavy atom. The normalized spacial score (nSPS) is 12.3. The summed E-state index contributed by atoms with van der Waals surface area (Å²) in [6.07, 6.45) is 0.284. The number of benzene rings is 1. The first-order valence-electron chi connectivity index (χ1n) is 7.19. The fourth-order valence-corrected chi connectivity index (χ4v) is 2.45. The lowest BCUT2D eigenvalue weighted by Crippen LogP contribution is -2.43. The number of fused-ring (bicyclic) bond motifs is 1. The summed E-state index contributed by atoms with van der Waals surface area (Å²) in [5, 5.41) is 11.4. The Balaban J connectivity index is 2.32. The highest BCUT2D eigenvalue weighted by Crippen LogP contribution is 2.12. The first-order valence-corrected chi connectivity index (χ1v) is 7.19. The van der Waals surface area contributed by atoms with Gasteiger partial charge in [-0.15, -0.1) is 0 Å². The van der Waals surface area contributed by atoms with Crippen molar-refractivity contribution in [3.8, 4) is 0 Å². The van der Waals surface area contributed by atoms with E-state index in [1.807, 2.05) is 19.1 Å². The number of hydrogen-bond acceptors (Lipinski definition) is 3. The van der Waals surface area contributed by atoms with Gasteiger partial charge in [-0.05, 0) is 25.5 Å². The molecule has 1 aromatic carbocycles. The highest BCUT2D eigenvalue weighted by atomic mass is 16.4. The Bertz CT molecular complexity index is 760. The predicted octanol–water partition coefficient (Wildman–Crippen LogP) is 0.802. The van der Waals surface area contributed by atoms with E-state index in [2.05, 4.69) is 5.32 Å².